The maximum absolute atomic E-state index is 13.2. The van der Waals surface area contributed by atoms with Crippen LogP contribution in [0.25, 0.3) is 0 Å². The Morgan fingerprint density at radius 3 is 2.50 bits per heavy atom. The molecule has 0 saturated heterocycles. The van der Waals surface area contributed by atoms with Crippen molar-refractivity contribution in [2.24, 2.45) is 11.3 Å². The molecule has 28 heavy (non-hydrogen) atoms. The van der Waals surface area contributed by atoms with Gasteiger partial charge in [0.1, 0.15) is 0 Å². The number of rotatable bonds is 2. The maximum Gasteiger partial charge on any atom is 0.227 e. The second-order valence-electron chi connectivity index (χ2n) is 9.36. The van der Waals surface area contributed by atoms with Crippen molar-refractivity contribution >= 4 is 5.78 Å². The summed E-state index contributed by atoms with van der Waals surface area (Å²) in [5.41, 5.74) is 0.599. The van der Waals surface area contributed by atoms with Gasteiger partial charge in [0.15, 0.2) is 17.3 Å². The standard InChI is InChI=1S/C22H28N2O4/c1-11(2)13-9-14-15(25)10-16-21(4,5)7-6-8-22(16,17(14)19(27)18(13)26)20-24-23-12(3)28-20/h9,11,16,26-27H,6-8,10H2,1-5H3/t16-,22+/m0/s1. The van der Waals surface area contributed by atoms with Crippen molar-refractivity contribution < 1.29 is 19.4 Å². The molecule has 0 aliphatic heterocycles. The number of aryl methyl sites for hydroxylation is 1. The molecule has 1 aromatic heterocycles. The van der Waals surface area contributed by atoms with Crippen molar-refractivity contribution in [2.75, 3.05) is 0 Å². The molecule has 2 N–H and O–H groups in total. The van der Waals surface area contributed by atoms with Crippen LogP contribution in [0.4, 0.5) is 0 Å². The second-order valence-corrected chi connectivity index (χ2v) is 9.36. The Morgan fingerprint density at radius 1 is 1.18 bits per heavy atom. The van der Waals surface area contributed by atoms with E-state index in [1.807, 2.05) is 13.8 Å². The number of aromatic hydroxyl groups is 2. The third-order valence-corrected chi connectivity index (χ3v) is 6.90. The first-order valence-corrected chi connectivity index (χ1v) is 10.0. The first-order chi connectivity index (χ1) is 13.1. The predicted molar refractivity (Wildman–Crippen MR) is 104 cm³/mol. The van der Waals surface area contributed by atoms with Crippen molar-refractivity contribution in [1.82, 2.24) is 10.2 Å². The minimum absolute atomic E-state index is 0.000891. The first-order valence-electron chi connectivity index (χ1n) is 10.0. The quantitative estimate of drug-likeness (QED) is 0.734. The van der Waals surface area contributed by atoms with Gasteiger partial charge in [0.2, 0.25) is 11.8 Å². The molecule has 1 aromatic carbocycles. The van der Waals surface area contributed by atoms with E-state index in [0.717, 1.165) is 12.8 Å². The van der Waals surface area contributed by atoms with Gasteiger partial charge in [-0.05, 0) is 36.2 Å². The lowest BCUT2D eigenvalue weighted by atomic mass is 9.49. The van der Waals surface area contributed by atoms with Gasteiger partial charge >= 0.3 is 0 Å². The Kier molecular flexibility index (Phi) is 4.11. The molecule has 6 nitrogen and oxygen atoms in total. The molecule has 0 amide bonds. The highest BCUT2D eigenvalue weighted by Crippen LogP contribution is 2.62. The summed E-state index contributed by atoms with van der Waals surface area (Å²) in [7, 11) is 0. The number of carbonyl (C=O) groups excluding carboxylic acids is 1. The summed E-state index contributed by atoms with van der Waals surface area (Å²) in [6, 6.07) is 1.75. The van der Waals surface area contributed by atoms with Crippen molar-refractivity contribution in [3.05, 3.63) is 34.5 Å². The minimum atomic E-state index is -0.774. The average molecular weight is 384 g/mol. The number of phenols is 2. The number of fused-ring (bicyclic) bond motifs is 3. The van der Waals surface area contributed by atoms with E-state index in [1.54, 1.807) is 13.0 Å². The highest BCUT2D eigenvalue weighted by molar-refractivity contribution is 6.01. The summed E-state index contributed by atoms with van der Waals surface area (Å²) in [5, 5.41) is 30.3. The number of ketones is 1. The lowest BCUT2D eigenvalue weighted by Crippen LogP contribution is -2.52. The van der Waals surface area contributed by atoms with Crippen LogP contribution >= 0.6 is 0 Å². The van der Waals surface area contributed by atoms with Crippen LogP contribution in [0, 0.1) is 18.3 Å². The number of hydrogen-bond acceptors (Lipinski definition) is 6. The van der Waals surface area contributed by atoms with Gasteiger partial charge in [-0.1, -0.05) is 34.1 Å². The SMILES string of the molecule is Cc1nnc([C@]23CCCC(C)(C)[C@@H]2CC(=O)c2cc(C(C)C)c(O)c(O)c23)o1. The van der Waals surface area contributed by atoms with Gasteiger partial charge in [0, 0.05) is 30.0 Å². The maximum atomic E-state index is 13.2. The Bertz CT molecular complexity index is 960. The summed E-state index contributed by atoms with van der Waals surface area (Å²) in [4.78, 5) is 13.2. The van der Waals surface area contributed by atoms with E-state index in [-0.39, 0.29) is 34.5 Å². The molecule has 1 saturated carbocycles. The molecule has 6 heteroatoms. The molecule has 1 fully saturated rings. The third kappa shape index (κ3) is 2.43. The number of Topliss-reactive ketones (excluding diaryl/α,β-unsaturated/α-hetero) is 1. The fourth-order valence-electron chi connectivity index (χ4n) is 5.51. The smallest absolute Gasteiger partial charge is 0.227 e. The van der Waals surface area contributed by atoms with Crippen LogP contribution in [0.1, 0.15) is 92.6 Å². The molecule has 0 bridgehead atoms. The zero-order valence-electron chi connectivity index (χ0n) is 17.2. The number of phenolic OH excluding ortho intramolecular Hbond substituents is 2. The number of nitrogens with zero attached hydrogens (tertiary/aromatic N) is 2. The average Bonchev–Trinajstić information content (AvgIpc) is 3.05. The van der Waals surface area contributed by atoms with Gasteiger partial charge in [-0.3, -0.25) is 4.79 Å². The molecule has 150 valence electrons. The van der Waals surface area contributed by atoms with Gasteiger partial charge in [-0.2, -0.15) is 0 Å². The topological polar surface area (TPSA) is 96.5 Å². The van der Waals surface area contributed by atoms with Gasteiger partial charge in [-0.15, -0.1) is 10.2 Å². The molecule has 0 spiro atoms. The van der Waals surface area contributed by atoms with Crippen LogP contribution in [-0.4, -0.2) is 26.2 Å². The molecule has 2 aliphatic rings. The number of aromatic nitrogens is 2. The molecule has 2 aromatic rings. The van der Waals surface area contributed by atoms with Crippen molar-refractivity contribution in [2.45, 2.75) is 71.6 Å². The zero-order valence-corrected chi connectivity index (χ0v) is 17.2. The molecule has 0 unspecified atom stereocenters. The van der Waals surface area contributed by atoms with Gasteiger partial charge < -0.3 is 14.6 Å². The van der Waals surface area contributed by atoms with Crippen molar-refractivity contribution in [1.29, 1.82) is 0 Å². The van der Waals surface area contributed by atoms with E-state index in [9.17, 15) is 15.0 Å². The number of benzene rings is 1. The monoisotopic (exact) mass is 384 g/mol. The number of hydrogen-bond donors (Lipinski definition) is 2. The van der Waals surface area contributed by atoms with Crippen molar-refractivity contribution in [3.63, 3.8) is 0 Å². The van der Waals surface area contributed by atoms with Crippen LogP contribution in [0.2, 0.25) is 0 Å². The van der Waals surface area contributed by atoms with E-state index in [0.29, 0.717) is 41.3 Å². The normalized spacial score (nSPS) is 26.2. The molecule has 0 radical (unpaired) electrons. The van der Waals surface area contributed by atoms with E-state index in [4.69, 9.17) is 4.42 Å². The molecule has 4 rings (SSSR count). The minimum Gasteiger partial charge on any atom is -0.504 e. The van der Waals surface area contributed by atoms with Crippen LogP contribution < -0.4 is 0 Å². The second kappa shape index (κ2) is 6.06. The molecule has 2 atom stereocenters. The highest BCUT2D eigenvalue weighted by Gasteiger charge is 2.59. The van der Waals surface area contributed by atoms with Crippen LogP contribution in [0.5, 0.6) is 11.5 Å². The first kappa shape index (κ1) is 19.0. The summed E-state index contributed by atoms with van der Waals surface area (Å²) in [6.07, 6.45) is 2.94. The molecular formula is C22H28N2O4. The summed E-state index contributed by atoms with van der Waals surface area (Å²) in [5.74, 6) is 0.402. The summed E-state index contributed by atoms with van der Waals surface area (Å²) < 4.78 is 5.91. The Balaban J connectivity index is 2.10. The van der Waals surface area contributed by atoms with E-state index < -0.39 is 5.41 Å². The lowest BCUT2D eigenvalue weighted by molar-refractivity contribution is 0.0331. The Morgan fingerprint density at radius 2 is 1.89 bits per heavy atom. The lowest BCUT2D eigenvalue weighted by Gasteiger charge is -2.53. The molecule has 1 heterocycles. The van der Waals surface area contributed by atoms with Crippen LogP contribution in [0.15, 0.2) is 10.5 Å². The van der Waals surface area contributed by atoms with Crippen LogP contribution in [-0.2, 0) is 5.41 Å². The van der Waals surface area contributed by atoms with Gasteiger partial charge in [0.25, 0.3) is 0 Å². The predicted octanol–water partition coefficient (Wildman–Crippen LogP) is 4.61. The Labute approximate surface area is 165 Å². The van der Waals surface area contributed by atoms with Crippen molar-refractivity contribution in [3.8, 4) is 11.5 Å². The van der Waals surface area contributed by atoms with Gasteiger partial charge in [-0.25, -0.2) is 0 Å². The Hall–Kier alpha value is -2.37. The van der Waals surface area contributed by atoms with E-state index in [1.165, 1.54) is 0 Å². The summed E-state index contributed by atoms with van der Waals surface area (Å²) in [6.45, 7) is 9.92. The zero-order chi connectivity index (χ0) is 20.4. The fraction of sp³-hybridized carbons (Fsp3) is 0.591. The van der Waals surface area contributed by atoms with Crippen LogP contribution in [0.3, 0.4) is 0 Å². The highest BCUT2D eigenvalue weighted by atomic mass is 16.4. The summed E-state index contributed by atoms with van der Waals surface area (Å²) >= 11 is 0. The largest absolute Gasteiger partial charge is 0.504 e. The van der Waals surface area contributed by atoms with Gasteiger partial charge in [0.05, 0.1) is 5.41 Å². The van der Waals surface area contributed by atoms with E-state index in [2.05, 4.69) is 24.0 Å². The van der Waals surface area contributed by atoms with E-state index >= 15 is 0 Å². The molecular weight excluding hydrogens is 356 g/mol. The third-order valence-electron chi connectivity index (χ3n) is 6.90. The molecule has 2 aliphatic carbocycles. The number of carbonyl (C=O) groups is 1. The fourth-order valence-corrected chi connectivity index (χ4v) is 5.51.